The zero-order valence-electron chi connectivity index (χ0n) is 52.5. The fourth-order valence-electron chi connectivity index (χ4n) is 8.12. The van der Waals surface area contributed by atoms with E-state index in [0.717, 1.165) is 77.4 Å². The highest BCUT2D eigenvalue weighted by Crippen LogP contribution is 2.41. The first-order chi connectivity index (χ1) is 48.4. The lowest BCUT2D eigenvalue weighted by Gasteiger charge is -2.25. The number of nitrogens with one attached hydrogen (secondary N) is 1. The first-order valence-corrected chi connectivity index (χ1v) is 36.0. The molecule has 0 saturated heterocycles. The number of hydroxylamine groups is 2. The third kappa shape index (κ3) is 23.4. The van der Waals surface area contributed by atoms with Gasteiger partial charge in [-0.1, -0.05) is 104 Å². The number of methoxy groups -OCH3 is 2. The van der Waals surface area contributed by atoms with Crippen molar-refractivity contribution in [2.45, 2.75) is 33.2 Å². The van der Waals surface area contributed by atoms with E-state index in [-0.39, 0.29) is 93.0 Å². The van der Waals surface area contributed by atoms with Crippen LogP contribution in [0.15, 0.2) is 166 Å². The van der Waals surface area contributed by atoms with E-state index in [1.165, 1.54) is 82.5 Å². The molecule has 1 amide bonds. The molecule has 105 heavy (non-hydrogen) atoms. The molecule has 1 N–H and O–H groups in total. The van der Waals surface area contributed by atoms with Crippen LogP contribution in [0.5, 0.6) is 0 Å². The summed E-state index contributed by atoms with van der Waals surface area (Å²) in [6.45, 7) is -1.15. The van der Waals surface area contributed by atoms with E-state index in [0.29, 0.717) is 28.1 Å². The van der Waals surface area contributed by atoms with Crippen LogP contribution in [-0.4, -0.2) is 120 Å². The number of amides is 1. The topological polar surface area (TPSA) is 280 Å². The predicted octanol–water partition coefficient (Wildman–Crippen LogP) is 17.7. The van der Waals surface area contributed by atoms with Crippen molar-refractivity contribution >= 4 is 197 Å². The molecule has 0 aliphatic heterocycles. The molecule has 22 nitrogen and oxygen atoms in total. The predicted molar refractivity (Wildman–Crippen MR) is 380 cm³/mol. The summed E-state index contributed by atoms with van der Waals surface area (Å²) >= 11 is 54.7. The van der Waals surface area contributed by atoms with Crippen molar-refractivity contribution in [1.29, 1.82) is 0 Å². The number of pyridine rings is 6. The molecule has 3 aromatic carbocycles. The van der Waals surface area contributed by atoms with Gasteiger partial charge in [0.1, 0.15) is 44.9 Å². The molecule has 6 aromatic heterocycles. The number of hydrogen-bond donors (Lipinski definition) is 1. The Bertz CT molecular complexity index is 5060. The van der Waals surface area contributed by atoms with Crippen molar-refractivity contribution in [3.8, 4) is 0 Å². The average molecular weight is 1800 g/mol. The van der Waals surface area contributed by atoms with Gasteiger partial charge in [0.2, 0.25) is 11.6 Å². The van der Waals surface area contributed by atoms with Crippen LogP contribution in [0.25, 0.3) is 0 Å². The van der Waals surface area contributed by atoms with Gasteiger partial charge in [-0.3, -0.25) is 23.9 Å². The third-order valence-electron chi connectivity index (χ3n) is 12.9. The van der Waals surface area contributed by atoms with E-state index < -0.39 is 120 Å². The SMILES string of the molecule is COCN(c1cc(Cl)cnc1Br)S(=O)(=O)c1ccc(Cl)c(C(F)(F)F)c1.COCN(c1cc(Cl)cnc1C(=O)c1ccnc(Cl)c1)S(=O)(=O)c1ccc(Cl)c(C(F)(F)F)c1.CON(C)C(=O)c1ccnc(Cl)c1.Cl.O=C(c1ccnc(Cl)c1)c1ncc(Cl)cc1NS(=O)(=O)c1ccc(Cl)c(C(F)(F)F)c1. The van der Waals surface area contributed by atoms with Crippen molar-refractivity contribution in [2.75, 3.05) is 55.2 Å². The van der Waals surface area contributed by atoms with Crippen molar-refractivity contribution < 1.29 is 93.5 Å². The smallest absolute Gasteiger partial charge is 0.363 e. The molecule has 0 fully saturated rings. The van der Waals surface area contributed by atoms with Crippen molar-refractivity contribution in [3.63, 3.8) is 0 Å². The molecule has 45 heteroatoms. The number of rotatable bonds is 19. The Hall–Kier alpha value is -6.75. The number of carbonyl (C=O) groups is 3. The van der Waals surface area contributed by atoms with Crippen LogP contribution < -0.4 is 13.3 Å². The van der Waals surface area contributed by atoms with Crippen LogP contribution in [0.3, 0.4) is 0 Å². The largest absolute Gasteiger partial charge is 0.417 e. The van der Waals surface area contributed by atoms with Gasteiger partial charge in [0.15, 0.2) is 0 Å². The van der Waals surface area contributed by atoms with Gasteiger partial charge in [-0.15, -0.1) is 12.4 Å². The number of halogens is 20. The quantitative estimate of drug-likeness (QED) is 0.0259. The number of sulfonamides is 3. The van der Waals surface area contributed by atoms with Gasteiger partial charge < -0.3 is 9.47 Å². The Morgan fingerprint density at radius 3 is 1.23 bits per heavy atom. The fourth-order valence-corrected chi connectivity index (χ4v) is 14.2. The van der Waals surface area contributed by atoms with Crippen molar-refractivity contribution in [2.24, 2.45) is 0 Å². The van der Waals surface area contributed by atoms with Gasteiger partial charge in [-0.25, -0.2) is 68.8 Å². The molecule has 0 aliphatic rings. The minimum absolute atomic E-state index is 0. The molecule has 9 aromatic rings. The Labute approximate surface area is 650 Å². The van der Waals surface area contributed by atoms with Crippen LogP contribution in [0.4, 0.5) is 56.6 Å². The average Bonchev–Trinajstić information content (AvgIpc) is 0.733. The number of nitrogens with zero attached hydrogens (tertiary/aromatic N) is 9. The van der Waals surface area contributed by atoms with E-state index in [2.05, 4.69) is 50.6 Å². The van der Waals surface area contributed by atoms with Gasteiger partial charge in [0.25, 0.3) is 36.0 Å². The number of alkyl halides is 9. The van der Waals surface area contributed by atoms with Crippen LogP contribution >= 0.6 is 133 Å². The lowest BCUT2D eigenvalue weighted by atomic mass is 10.1. The summed E-state index contributed by atoms with van der Waals surface area (Å²) in [5, 5.41) is -0.461. The molecule has 0 radical (unpaired) electrons. The lowest BCUT2D eigenvalue weighted by molar-refractivity contribution is -0.138. The Kier molecular flexibility index (Phi) is 31.6. The highest BCUT2D eigenvalue weighted by molar-refractivity contribution is 9.10. The van der Waals surface area contributed by atoms with E-state index in [9.17, 15) is 79.2 Å². The van der Waals surface area contributed by atoms with E-state index in [1.807, 2.05) is 0 Å². The lowest BCUT2D eigenvalue weighted by Crippen LogP contribution is -2.34. The summed E-state index contributed by atoms with van der Waals surface area (Å²) < 4.78 is 210. The minimum Gasteiger partial charge on any atom is -0.363 e. The number of anilines is 3. The molecule has 0 bridgehead atoms. The maximum Gasteiger partial charge on any atom is 0.417 e. The highest BCUT2D eigenvalue weighted by atomic mass is 79.9. The van der Waals surface area contributed by atoms with Gasteiger partial charge in [-0.05, 0) is 125 Å². The van der Waals surface area contributed by atoms with Crippen LogP contribution in [-0.2, 0) is 62.9 Å². The molecule has 0 unspecified atom stereocenters. The number of carbonyl (C=O) groups excluding carboxylic acids is 3. The van der Waals surface area contributed by atoms with E-state index >= 15 is 0 Å². The van der Waals surface area contributed by atoms with Gasteiger partial charge >= 0.3 is 18.5 Å². The van der Waals surface area contributed by atoms with Crippen molar-refractivity contribution in [3.05, 3.63) is 241 Å². The normalized spacial score (nSPS) is 11.6. The summed E-state index contributed by atoms with van der Waals surface area (Å²) in [6.07, 6.45) is -7.09. The molecule has 0 atom stereocenters. The molecule has 6 heterocycles. The zero-order chi connectivity index (χ0) is 77.8. The number of benzene rings is 3. The zero-order valence-corrected chi connectivity index (χ0v) is 64.2. The summed E-state index contributed by atoms with van der Waals surface area (Å²) in [5.74, 6) is -1.71. The van der Waals surface area contributed by atoms with Crippen LogP contribution in [0.2, 0.25) is 45.6 Å². The molecular weight excluding hydrogens is 1750 g/mol. The van der Waals surface area contributed by atoms with Gasteiger partial charge in [-0.2, -0.15) is 39.5 Å². The Morgan fingerprint density at radius 2 is 0.819 bits per heavy atom. The monoisotopic (exact) mass is 1790 g/mol. The maximum atomic E-state index is 13.4. The Balaban J connectivity index is 0.000000261. The second kappa shape index (κ2) is 37.4. The second-order valence-electron chi connectivity index (χ2n) is 19.8. The van der Waals surface area contributed by atoms with Gasteiger partial charge in [0, 0.05) is 75.1 Å². The summed E-state index contributed by atoms with van der Waals surface area (Å²) in [6, 6.07) is 18.2. The molecule has 9 rings (SSSR count). The standard InChI is InChI=1S/C20H13Cl3F3N3O4S.C18H9Cl3F3N3O3S.C14H10BrCl2F3N2O3S.C8H9ClN2O2.ClH/c1-33-10-29(34(31,32)13-2-3-15(22)14(8-13)20(24,25)26)16-7-12(21)9-28-18(16)19(30)11-4-5-27-17(23)6-11;19-10-6-14(16(26-8-10)17(28)9-3-4-25-15(21)5-9)27-31(29,30)11-1-2-13(20)12(7-11)18(22,23)24;1-25-7-22(12-4-8(16)6-21-13(12)15)26(23,24)9-2-3-11(17)10(5-9)14(18,19)20;1-11(13-2)8(12)6-3-4-10-7(9)5-6;/h2-9H,10H2,1H3;1-8,27H;2-6H,7H2,1H3;3-5H,1-2H3;1H. The Morgan fingerprint density at radius 1 is 0.467 bits per heavy atom. The van der Waals surface area contributed by atoms with E-state index in [1.54, 1.807) is 6.07 Å². The maximum absolute atomic E-state index is 13.4. The number of aromatic nitrogens is 6. The molecule has 562 valence electrons. The van der Waals surface area contributed by atoms with E-state index in [4.69, 9.17) is 119 Å². The molecule has 0 aliphatic carbocycles. The van der Waals surface area contributed by atoms with Crippen LogP contribution in [0.1, 0.15) is 59.2 Å². The summed E-state index contributed by atoms with van der Waals surface area (Å²) in [4.78, 5) is 63.0. The fraction of sp³-hybridized carbons (Fsp3) is 0.150. The van der Waals surface area contributed by atoms with Crippen LogP contribution in [0, 0.1) is 0 Å². The van der Waals surface area contributed by atoms with Gasteiger partial charge in [0.05, 0.1) is 85.7 Å². The molecular formula is C60H42BrCl10F9N10O12S3. The third-order valence-corrected chi connectivity index (χ3v) is 20.6. The number of hydrogen-bond acceptors (Lipinski definition) is 18. The van der Waals surface area contributed by atoms with Crippen molar-refractivity contribution in [1.82, 2.24) is 35.0 Å². The first kappa shape index (κ1) is 88.9. The molecule has 0 spiro atoms. The minimum atomic E-state index is -4.91. The number of ketones is 2. The first-order valence-electron chi connectivity index (χ1n) is 27.4. The highest BCUT2D eigenvalue weighted by Gasteiger charge is 2.39. The summed E-state index contributed by atoms with van der Waals surface area (Å²) in [5.41, 5.74) is -4.77. The molecule has 0 saturated carbocycles. The second-order valence-corrected chi connectivity index (χ2v) is 29.7. The summed E-state index contributed by atoms with van der Waals surface area (Å²) in [7, 11) is -8.39. The number of ether oxygens (including phenoxy) is 2.